The summed E-state index contributed by atoms with van der Waals surface area (Å²) < 4.78 is 5.71. The Balaban J connectivity index is 2.72. The average Bonchev–Trinajstić information content (AvgIpc) is 2.45. The van der Waals surface area contributed by atoms with Crippen LogP contribution in [-0.4, -0.2) is 13.2 Å². The molecule has 0 saturated carbocycles. The molecular weight excluding hydrogens is 234 g/mol. The molecule has 1 N–H and O–H groups in total. The molecule has 1 unspecified atom stereocenters. The van der Waals surface area contributed by atoms with E-state index in [1.54, 1.807) is 0 Å². The van der Waals surface area contributed by atoms with Gasteiger partial charge in [0.15, 0.2) is 0 Å². The molecular formula is C17H27NO. The first-order valence-electron chi connectivity index (χ1n) is 7.38. The first-order valence-corrected chi connectivity index (χ1v) is 7.38. The molecule has 0 aliphatic rings. The van der Waals surface area contributed by atoms with Crippen LogP contribution in [0.2, 0.25) is 0 Å². The summed E-state index contributed by atoms with van der Waals surface area (Å²) in [6.07, 6.45) is 6.29. The topological polar surface area (TPSA) is 21.3 Å². The van der Waals surface area contributed by atoms with Crippen LogP contribution in [-0.2, 0) is 0 Å². The van der Waals surface area contributed by atoms with Crippen molar-refractivity contribution in [3.05, 3.63) is 42.5 Å². The lowest BCUT2D eigenvalue weighted by atomic mass is 10.0. The van der Waals surface area contributed by atoms with E-state index in [1.165, 1.54) is 5.56 Å². The van der Waals surface area contributed by atoms with Gasteiger partial charge in [-0.2, -0.15) is 0 Å². The van der Waals surface area contributed by atoms with Crippen molar-refractivity contribution in [2.24, 2.45) is 0 Å². The van der Waals surface area contributed by atoms with Crippen molar-refractivity contribution in [2.75, 3.05) is 13.2 Å². The SMILES string of the molecule is C=CCCC(NCCC)c1cccc(OCCC)c1. The summed E-state index contributed by atoms with van der Waals surface area (Å²) in [5.74, 6) is 0.973. The molecule has 106 valence electrons. The van der Waals surface area contributed by atoms with Gasteiger partial charge in [-0.3, -0.25) is 0 Å². The Morgan fingerprint density at radius 1 is 1.32 bits per heavy atom. The zero-order valence-electron chi connectivity index (χ0n) is 12.3. The van der Waals surface area contributed by atoms with E-state index >= 15 is 0 Å². The Morgan fingerprint density at radius 3 is 2.84 bits per heavy atom. The molecule has 0 aliphatic heterocycles. The number of rotatable bonds is 10. The average molecular weight is 261 g/mol. The molecule has 1 rings (SSSR count). The van der Waals surface area contributed by atoms with E-state index in [9.17, 15) is 0 Å². The summed E-state index contributed by atoms with van der Waals surface area (Å²) in [7, 11) is 0. The third kappa shape index (κ3) is 5.93. The molecule has 0 spiro atoms. The van der Waals surface area contributed by atoms with Gasteiger partial charge in [-0.15, -0.1) is 6.58 Å². The van der Waals surface area contributed by atoms with E-state index in [0.717, 1.165) is 44.6 Å². The van der Waals surface area contributed by atoms with Gasteiger partial charge >= 0.3 is 0 Å². The summed E-state index contributed by atoms with van der Waals surface area (Å²) in [6.45, 7) is 9.95. The molecule has 2 nitrogen and oxygen atoms in total. The molecule has 1 aromatic carbocycles. The maximum Gasteiger partial charge on any atom is 0.119 e. The zero-order valence-corrected chi connectivity index (χ0v) is 12.3. The molecule has 0 radical (unpaired) electrons. The van der Waals surface area contributed by atoms with Gasteiger partial charge in [0.1, 0.15) is 5.75 Å². The van der Waals surface area contributed by atoms with Crippen LogP contribution >= 0.6 is 0 Å². The molecule has 2 heteroatoms. The quantitative estimate of drug-likeness (QED) is 0.627. The van der Waals surface area contributed by atoms with Crippen molar-refractivity contribution in [2.45, 2.75) is 45.6 Å². The highest BCUT2D eigenvalue weighted by molar-refractivity contribution is 5.30. The van der Waals surface area contributed by atoms with Gasteiger partial charge in [0.2, 0.25) is 0 Å². The Labute approximate surface area is 117 Å². The first-order chi connectivity index (χ1) is 9.31. The van der Waals surface area contributed by atoms with Gasteiger partial charge in [-0.25, -0.2) is 0 Å². The number of allylic oxidation sites excluding steroid dienone is 1. The van der Waals surface area contributed by atoms with E-state index in [0.29, 0.717) is 6.04 Å². The highest BCUT2D eigenvalue weighted by atomic mass is 16.5. The van der Waals surface area contributed by atoms with Crippen molar-refractivity contribution in [3.63, 3.8) is 0 Å². The molecule has 1 aromatic rings. The van der Waals surface area contributed by atoms with Crippen LogP contribution < -0.4 is 10.1 Å². The molecule has 0 heterocycles. The van der Waals surface area contributed by atoms with Gasteiger partial charge in [-0.1, -0.05) is 32.1 Å². The predicted molar refractivity (Wildman–Crippen MR) is 82.7 cm³/mol. The zero-order chi connectivity index (χ0) is 13.9. The van der Waals surface area contributed by atoms with Crippen LogP contribution in [0.4, 0.5) is 0 Å². The monoisotopic (exact) mass is 261 g/mol. The normalized spacial score (nSPS) is 12.1. The van der Waals surface area contributed by atoms with Crippen LogP contribution in [0, 0.1) is 0 Å². The van der Waals surface area contributed by atoms with E-state index in [4.69, 9.17) is 4.74 Å². The number of benzene rings is 1. The Morgan fingerprint density at radius 2 is 2.16 bits per heavy atom. The fourth-order valence-electron chi connectivity index (χ4n) is 2.03. The minimum atomic E-state index is 0.392. The largest absolute Gasteiger partial charge is 0.494 e. The minimum absolute atomic E-state index is 0.392. The lowest BCUT2D eigenvalue weighted by molar-refractivity contribution is 0.316. The number of nitrogens with one attached hydrogen (secondary N) is 1. The van der Waals surface area contributed by atoms with E-state index in [1.807, 2.05) is 12.1 Å². The standard InChI is InChI=1S/C17H27NO/c1-4-7-11-17(18-12-5-2)15-9-8-10-16(14-15)19-13-6-3/h4,8-10,14,17-18H,1,5-7,11-13H2,2-3H3. The van der Waals surface area contributed by atoms with E-state index in [-0.39, 0.29) is 0 Å². The van der Waals surface area contributed by atoms with Gasteiger partial charge in [0.05, 0.1) is 6.61 Å². The van der Waals surface area contributed by atoms with Crippen molar-refractivity contribution in [1.82, 2.24) is 5.32 Å². The van der Waals surface area contributed by atoms with Crippen LogP contribution in [0.25, 0.3) is 0 Å². The van der Waals surface area contributed by atoms with Crippen LogP contribution in [0.3, 0.4) is 0 Å². The third-order valence-electron chi connectivity index (χ3n) is 3.03. The van der Waals surface area contributed by atoms with Gasteiger partial charge in [0.25, 0.3) is 0 Å². The minimum Gasteiger partial charge on any atom is -0.494 e. The highest BCUT2D eigenvalue weighted by Crippen LogP contribution is 2.23. The second kappa shape index (κ2) is 9.62. The Bertz CT molecular complexity index is 362. The second-order valence-electron chi connectivity index (χ2n) is 4.79. The lowest BCUT2D eigenvalue weighted by Crippen LogP contribution is -2.22. The molecule has 0 saturated heterocycles. The van der Waals surface area contributed by atoms with Crippen molar-refractivity contribution < 1.29 is 4.74 Å². The third-order valence-corrected chi connectivity index (χ3v) is 3.03. The van der Waals surface area contributed by atoms with Crippen molar-refractivity contribution >= 4 is 0 Å². The molecule has 0 aliphatic carbocycles. The summed E-state index contributed by atoms with van der Waals surface area (Å²) in [5, 5.41) is 3.60. The highest BCUT2D eigenvalue weighted by Gasteiger charge is 2.10. The Hall–Kier alpha value is -1.28. The number of hydrogen-bond donors (Lipinski definition) is 1. The predicted octanol–water partition coefficient (Wildman–Crippen LogP) is 4.48. The summed E-state index contributed by atoms with van der Waals surface area (Å²) in [5.41, 5.74) is 1.31. The summed E-state index contributed by atoms with van der Waals surface area (Å²) in [6, 6.07) is 8.84. The summed E-state index contributed by atoms with van der Waals surface area (Å²) >= 11 is 0. The summed E-state index contributed by atoms with van der Waals surface area (Å²) in [4.78, 5) is 0. The van der Waals surface area contributed by atoms with Crippen LogP contribution in [0.5, 0.6) is 5.75 Å². The fraction of sp³-hybridized carbons (Fsp3) is 0.529. The maximum absolute atomic E-state index is 5.71. The van der Waals surface area contributed by atoms with E-state index < -0.39 is 0 Å². The van der Waals surface area contributed by atoms with Crippen LogP contribution in [0.15, 0.2) is 36.9 Å². The fourth-order valence-corrected chi connectivity index (χ4v) is 2.03. The molecule has 0 fully saturated rings. The van der Waals surface area contributed by atoms with Gasteiger partial charge < -0.3 is 10.1 Å². The van der Waals surface area contributed by atoms with Gasteiger partial charge in [0, 0.05) is 6.04 Å². The van der Waals surface area contributed by atoms with E-state index in [2.05, 4.69) is 43.9 Å². The molecule has 0 amide bonds. The second-order valence-corrected chi connectivity index (χ2v) is 4.79. The lowest BCUT2D eigenvalue weighted by Gasteiger charge is -2.19. The first kappa shape index (κ1) is 15.8. The molecule has 19 heavy (non-hydrogen) atoms. The number of hydrogen-bond acceptors (Lipinski definition) is 2. The maximum atomic E-state index is 5.71. The molecule has 0 bridgehead atoms. The van der Waals surface area contributed by atoms with Crippen molar-refractivity contribution in [1.29, 1.82) is 0 Å². The Kier molecular flexibility index (Phi) is 7.99. The molecule has 0 aromatic heterocycles. The number of ether oxygens (including phenoxy) is 1. The van der Waals surface area contributed by atoms with Crippen LogP contribution in [0.1, 0.15) is 51.1 Å². The van der Waals surface area contributed by atoms with Gasteiger partial charge in [-0.05, 0) is 49.9 Å². The smallest absolute Gasteiger partial charge is 0.119 e. The molecule has 1 atom stereocenters. The van der Waals surface area contributed by atoms with Crippen molar-refractivity contribution in [3.8, 4) is 5.75 Å².